The Morgan fingerprint density at radius 2 is 2.24 bits per heavy atom. The number of ether oxygens (including phenoxy) is 1. The lowest BCUT2D eigenvalue weighted by Gasteiger charge is -2.19. The molecule has 0 bridgehead atoms. The molecule has 1 saturated heterocycles. The van der Waals surface area contributed by atoms with E-state index in [1.165, 1.54) is 0 Å². The minimum atomic E-state index is 0.0391. The second-order valence-electron chi connectivity index (χ2n) is 4.16. The van der Waals surface area contributed by atoms with E-state index in [2.05, 4.69) is 0 Å². The van der Waals surface area contributed by atoms with Crippen LogP contribution < -0.4 is 9.64 Å². The molecule has 1 aliphatic rings. The van der Waals surface area contributed by atoms with Crippen molar-refractivity contribution < 1.29 is 14.6 Å². The van der Waals surface area contributed by atoms with Gasteiger partial charge in [-0.05, 0) is 19.1 Å². The summed E-state index contributed by atoms with van der Waals surface area (Å²) in [6.45, 7) is 3.11. The number of benzene rings is 1. The summed E-state index contributed by atoms with van der Waals surface area (Å²) in [5, 5.41) is 9.11. The molecule has 1 unspecified atom stereocenters. The number of para-hydroxylation sites is 2. The molecule has 4 heteroatoms. The van der Waals surface area contributed by atoms with Crippen LogP contribution in [0, 0.1) is 5.92 Å². The number of anilines is 1. The third-order valence-electron chi connectivity index (χ3n) is 2.92. The summed E-state index contributed by atoms with van der Waals surface area (Å²) < 4.78 is 5.51. The van der Waals surface area contributed by atoms with E-state index < -0.39 is 0 Å². The van der Waals surface area contributed by atoms with Gasteiger partial charge in [-0.25, -0.2) is 0 Å². The van der Waals surface area contributed by atoms with E-state index in [1.54, 1.807) is 4.90 Å². The third kappa shape index (κ3) is 2.42. The molecule has 1 N–H and O–H groups in total. The Morgan fingerprint density at radius 1 is 1.47 bits per heavy atom. The number of carbonyl (C=O) groups excluding carboxylic acids is 1. The molecule has 0 aliphatic carbocycles. The molecule has 1 aromatic rings. The molecule has 0 spiro atoms. The lowest BCUT2D eigenvalue weighted by Crippen LogP contribution is -2.25. The first-order valence-electron chi connectivity index (χ1n) is 5.89. The summed E-state index contributed by atoms with van der Waals surface area (Å²) in [6.07, 6.45) is 0.414. The van der Waals surface area contributed by atoms with Crippen molar-refractivity contribution in [2.75, 3.05) is 24.7 Å². The Bertz CT molecular complexity index is 405. The fourth-order valence-electron chi connectivity index (χ4n) is 2.09. The lowest BCUT2D eigenvalue weighted by molar-refractivity contribution is -0.117. The van der Waals surface area contributed by atoms with E-state index >= 15 is 0 Å². The van der Waals surface area contributed by atoms with E-state index in [-0.39, 0.29) is 18.4 Å². The molecule has 1 heterocycles. The smallest absolute Gasteiger partial charge is 0.227 e. The van der Waals surface area contributed by atoms with Crippen molar-refractivity contribution >= 4 is 11.6 Å². The van der Waals surface area contributed by atoms with Gasteiger partial charge in [-0.3, -0.25) is 4.79 Å². The predicted octanol–water partition coefficient (Wildman–Crippen LogP) is 1.43. The molecule has 0 aromatic heterocycles. The summed E-state index contributed by atoms with van der Waals surface area (Å²) >= 11 is 0. The number of nitrogens with zero attached hydrogens (tertiary/aromatic N) is 1. The van der Waals surface area contributed by atoms with Crippen LogP contribution in [0.5, 0.6) is 5.75 Å². The van der Waals surface area contributed by atoms with Crippen molar-refractivity contribution in [3.05, 3.63) is 24.3 Å². The highest BCUT2D eigenvalue weighted by Gasteiger charge is 2.31. The first-order valence-corrected chi connectivity index (χ1v) is 5.89. The summed E-state index contributed by atoms with van der Waals surface area (Å²) in [6, 6.07) is 7.51. The maximum atomic E-state index is 11.9. The molecule has 1 atom stereocenters. The lowest BCUT2D eigenvalue weighted by atomic mass is 10.1. The molecule has 92 valence electrons. The van der Waals surface area contributed by atoms with Gasteiger partial charge in [0.2, 0.25) is 5.91 Å². The average Bonchev–Trinajstić information content (AvgIpc) is 2.72. The summed E-state index contributed by atoms with van der Waals surface area (Å²) in [4.78, 5) is 13.6. The van der Waals surface area contributed by atoms with Gasteiger partial charge in [0.05, 0.1) is 12.3 Å². The van der Waals surface area contributed by atoms with Crippen LogP contribution in [-0.2, 0) is 4.79 Å². The second-order valence-corrected chi connectivity index (χ2v) is 4.16. The average molecular weight is 235 g/mol. The van der Waals surface area contributed by atoms with Gasteiger partial charge in [0, 0.05) is 25.5 Å². The van der Waals surface area contributed by atoms with E-state index in [9.17, 15) is 4.79 Å². The van der Waals surface area contributed by atoms with Gasteiger partial charge in [-0.1, -0.05) is 12.1 Å². The third-order valence-corrected chi connectivity index (χ3v) is 2.92. The summed E-state index contributed by atoms with van der Waals surface area (Å²) in [5.41, 5.74) is 0.801. The molecule has 0 radical (unpaired) electrons. The Kier molecular flexibility index (Phi) is 3.64. The van der Waals surface area contributed by atoms with Crippen LogP contribution >= 0.6 is 0 Å². The number of aliphatic hydroxyl groups is 1. The molecule has 1 amide bonds. The molecule has 4 nitrogen and oxygen atoms in total. The van der Waals surface area contributed by atoms with E-state index in [0.29, 0.717) is 19.6 Å². The summed E-state index contributed by atoms with van der Waals surface area (Å²) in [5.74, 6) is 0.815. The topological polar surface area (TPSA) is 49.8 Å². The monoisotopic (exact) mass is 235 g/mol. The molecular formula is C13H17NO3. The molecule has 1 fully saturated rings. The Balaban J connectivity index is 2.25. The van der Waals surface area contributed by atoms with Gasteiger partial charge in [-0.2, -0.15) is 0 Å². The normalized spacial score (nSPS) is 19.8. The zero-order valence-electron chi connectivity index (χ0n) is 9.93. The highest BCUT2D eigenvalue weighted by Crippen LogP contribution is 2.32. The molecule has 17 heavy (non-hydrogen) atoms. The number of hydrogen-bond donors (Lipinski definition) is 1. The number of amides is 1. The van der Waals surface area contributed by atoms with Crippen molar-refractivity contribution in [3.63, 3.8) is 0 Å². The van der Waals surface area contributed by atoms with Crippen molar-refractivity contribution in [2.45, 2.75) is 13.3 Å². The van der Waals surface area contributed by atoms with Gasteiger partial charge >= 0.3 is 0 Å². The predicted molar refractivity (Wildman–Crippen MR) is 65.2 cm³/mol. The Morgan fingerprint density at radius 3 is 2.88 bits per heavy atom. The maximum Gasteiger partial charge on any atom is 0.227 e. The van der Waals surface area contributed by atoms with Crippen LogP contribution in [-0.4, -0.2) is 30.8 Å². The van der Waals surface area contributed by atoms with E-state index in [4.69, 9.17) is 9.84 Å². The van der Waals surface area contributed by atoms with Gasteiger partial charge in [-0.15, -0.1) is 0 Å². The molecule has 1 aliphatic heterocycles. The zero-order chi connectivity index (χ0) is 12.3. The van der Waals surface area contributed by atoms with Gasteiger partial charge < -0.3 is 14.7 Å². The SMILES string of the molecule is CCOc1ccccc1N1CC(CO)CC1=O. The highest BCUT2D eigenvalue weighted by atomic mass is 16.5. The minimum Gasteiger partial charge on any atom is -0.492 e. The largest absolute Gasteiger partial charge is 0.492 e. The fourth-order valence-corrected chi connectivity index (χ4v) is 2.09. The van der Waals surface area contributed by atoms with Gasteiger partial charge in [0.25, 0.3) is 0 Å². The van der Waals surface area contributed by atoms with E-state index in [1.807, 2.05) is 31.2 Å². The molecular weight excluding hydrogens is 218 g/mol. The standard InChI is InChI=1S/C13H17NO3/c1-2-17-12-6-4-3-5-11(12)14-8-10(9-15)7-13(14)16/h3-6,10,15H,2,7-9H2,1H3. The van der Waals surface area contributed by atoms with Crippen molar-refractivity contribution in [3.8, 4) is 5.75 Å². The summed E-state index contributed by atoms with van der Waals surface area (Å²) in [7, 11) is 0. The van der Waals surface area contributed by atoms with E-state index in [0.717, 1.165) is 11.4 Å². The number of aliphatic hydroxyl groups excluding tert-OH is 1. The van der Waals surface area contributed by atoms with Gasteiger partial charge in [0.15, 0.2) is 0 Å². The van der Waals surface area contributed by atoms with Crippen LogP contribution in [0.25, 0.3) is 0 Å². The van der Waals surface area contributed by atoms with Crippen molar-refractivity contribution in [1.29, 1.82) is 0 Å². The van der Waals surface area contributed by atoms with Gasteiger partial charge in [0.1, 0.15) is 5.75 Å². The zero-order valence-corrected chi connectivity index (χ0v) is 9.93. The van der Waals surface area contributed by atoms with Crippen LogP contribution in [0.3, 0.4) is 0 Å². The maximum absolute atomic E-state index is 11.9. The molecule has 0 saturated carbocycles. The fraction of sp³-hybridized carbons (Fsp3) is 0.462. The van der Waals surface area contributed by atoms with Crippen LogP contribution in [0.4, 0.5) is 5.69 Å². The Labute approximate surface area is 101 Å². The Hall–Kier alpha value is -1.55. The van der Waals surface area contributed by atoms with Crippen LogP contribution in [0.15, 0.2) is 24.3 Å². The molecule has 1 aromatic carbocycles. The van der Waals surface area contributed by atoms with Crippen molar-refractivity contribution in [1.82, 2.24) is 0 Å². The van der Waals surface area contributed by atoms with Crippen LogP contribution in [0.2, 0.25) is 0 Å². The number of hydrogen-bond acceptors (Lipinski definition) is 3. The first kappa shape index (κ1) is 11.9. The number of rotatable bonds is 4. The number of carbonyl (C=O) groups is 1. The second kappa shape index (κ2) is 5.19. The quantitative estimate of drug-likeness (QED) is 0.859. The minimum absolute atomic E-state index is 0.0391. The highest BCUT2D eigenvalue weighted by molar-refractivity contribution is 5.97. The first-order chi connectivity index (χ1) is 8.26. The van der Waals surface area contributed by atoms with Crippen molar-refractivity contribution in [2.24, 2.45) is 5.92 Å². The van der Waals surface area contributed by atoms with Crippen LogP contribution in [0.1, 0.15) is 13.3 Å². The molecule has 2 rings (SSSR count).